The predicted molar refractivity (Wildman–Crippen MR) is 49.3 cm³/mol. The number of halogens is 1. The molecule has 0 heterocycles. The summed E-state index contributed by atoms with van der Waals surface area (Å²) in [5.74, 6) is -0.153. The minimum absolute atomic E-state index is 0.153. The molecule has 0 saturated carbocycles. The van der Waals surface area contributed by atoms with Crippen LogP contribution in [0.5, 0.6) is 0 Å². The highest BCUT2D eigenvalue weighted by atomic mass is 19.1. The second-order valence-corrected chi connectivity index (χ2v) is 2.90. The van der Waals surface area contributed by atoms with Gasteiger partial charge in [-0.15, -0.1) is 0 Å². The summed E-state index contributed by atoms with van der Waals surface area (Å²) in [6, 6.07) is 6.71. The average Bonchev–Trinajstić information content (AvgIpc) is 2.05. The summed E-state index contributed by atoms with van der Waals surface area (Å²) >= 11 is 0. The Morgan fingerprint density at radius 2 is 2.25 bits per heavy atom. The lowest BCUT2D eigenvalue weighted by Crippen LogP contribution is -1.83. The van der Waals surface area contributed by atoms with Crippen LogP contribution in [0.2, 0.25) is 0 Å². The van der Waals surface area contributed by atoms with E-state index in [1.807, 2.05) is 6.07 Å². The Balaban J connectivity index is 2.41. The summed E-state index contributed by atoms with van der Waals surface area (Å²) in [4.78, 5) is 0. The molecule has 0 unspecified atom stereocenters. The first-order chi connectivity index (χ1) is 5.83. The van der Waals surface area contributed by atoms with Gasteiger partial charge in [0.05, 0.1) is 0 Å². The zero-order valence-corrected chi connectivity index (χ0v) is 7.39. The third-order valence-electron chi connectivity index (χ3n) is 1.79. The largest absolute Gasteiger partial charge is 0.207 e. The van der Waals surface area contributed by atoms with Crippen LogP contribution in [0.25, 0.3) is 0 Å². The van der Waals surface area contributed by atoms with Gasteiger partial charge in [-0.1, -0.05) is 31.9 Å². The van der Waals surface area contributed by atoms with Gasteiger partial charge in [-0.3, -0.25) is 0 Å². The third kappa shape index (κ3) is 3.04. The second kappa shape index (κ2) is 4.91. The maximum atomic E-state index is 12.7. The van der Waals surface area contributed by atoms with Gasteiger partial charge >= 0.3 is 0 Å². The lowest BCUT2D eigenvalue weighted by Gasteiger charge is -1.99. The van der Waals surface area contributed by atoms with Gasteiger partial charge in [-0.2, -0.15) is 0 Å². The molecule has 65 valence electrons. The summed E-state index contributed by atoms with van der Waals surface area (Å²) in [5.41, 5.74) is 0.989. The van der Waals surface area contributed by atoms with Crippen molar-refractivity contribution in [3.05, 3.63) is 42.1 Å². The van der Waals surface area contributed by atoms with Crippen molar-refractivity contribution >= 4 is 0 Å². The zero-order valence-electron chi connectivity index (χ0n) is 7.39. The molecular formula is C11H14F. The van der Waals surface area contributed by atoms with Gasteiger partial charge in [0, 0.05) is 0 Å². The summed E-state index contributed by atoms with van der Waals surface area (Å²) in [5, 5.41) is 0. The van der Waals surface area contributed by atoms with Crippen molar-refractivity contribution < 1.29 is 4.39 Å². The molecular weight excluding hydrogens is 151 g/mol. The number of hydrogen-bond donors (Lipinski definition) is 0. The van der Waals surface area contributed by atoms with Gasteiger partial charge in [0.25, 0.3) is 0 Å². The van der Waals surface area contributed by atoms with Crippen molar-refractivity contribution in [1.82, 2.24) is 0 Å². The first-order valence-corrected chi connectivity index (χ1v) is 4.41. The van der Waals surface area contributed by atoms with Crippen LogP contribution in [-0.4, -0.2) is 0 Å². The van der Waals surface area contributed by atoms with Crippen molar-refractivity contribution in [2.24, 2.45) is 0 Å². The molecule has 1 radical (unpaired) electrons. The van der Waals surface area contributed by atoms with Crippen LogP contribution < -0.4 is 0 Å². The SMILES string of the molecule is CCCC[CH]c1cccc(F)c1. The molecule has 0 aromatic heterocycles. The molecule has 1 aromatic carbocycles. The molecule has 0 bridgehead atoms. The highest BCUT2D eigenvalue weighted by Crippen LogP contribution is 2.10. The van der Waals surface area contributed by atoms with Crippen molar-refractivity contribution in [1.29, 1.82) is 0 Å². The van der Waals surface area contributed by atoms with Gasteiger partial charge in [-0.05, 0) is 30.5 Å². The van der Waals surface area contributed by atoms with Crippen molar-refractivity contribution in [3.63, 3.8) is 0 Å². The average molecular weight is 165 g/mol. The van der Waals surface area contributed by atoms with Crippen LogP contribution in [0.1, 0.15) is 31.7 Å². The second-order valence-electron chi connectivity index (χ2n) is 2.90. The smallest absolute Gasteiger partial charge is 0.123 e. The molecule has 0 fully saturated rings. The van der Waals surface area contributed by atoms with Crippen molar-refractivity contribution in [2.75, 3.05) is 0 Å². The number of rotatable bonds is 4. The Morgan fingerprint density at radius 3 is 2.92 bits per heavy atom. The van der Waals surface area contributed by atoms with E-state index in [9.17, 15) is 4.39 Å². The monoisotopic (exact) mass is 165 g/mol. The number of unbranched alkanes of at least 4 members (excludes halogenated alkanes) is 2. The highest BCUT2D eigenvalue weighted by Gasteiger charge is 1.94. The van der Waals surface area contributed by atoms with Crippen LogP contribution in [0, 0.1) is 12.2 Å². The highest BCUT2D eigenvalue weighted by molar-refractivity contribution is 5.23. The van der Waals surface area contributed by atoms with Crippen LogP contribution >= 0.6 is 0 Å². The fraction of sp³-hybridized carbons (Fsp3) is 0.364. The number of benzene rings is 1. The van der Waals surface area contributed by atoms with Gasteiger partial charge < -0.3 is 0 Å². The van der Waals surface area contributed by atoms with E-state index in [1.165, 1.54) is 18.9 Å². The van der Waals surface area contributed by atoms with E-state index >= 15 is 0 Å². The minimum atomic E-state index is -0.153. The minimum Gasteiger partial charge on any atom is -0.207 e. The van der Waals surface area contributed by atoms with Crippen LogP contribution in [0.15, 0.2) is 24.3 Å². The van der Waals surface area contributed by atoms with E-state index in [4.69, 9.17) is 0 Å². The third-order valence-corrected chi connectivity index (χ3v) is 1.79. The quantitative estimate of drug-likeness (QED) is 0.598. The molecule has 0 spiro atoms. The van der Waals surface area contributed by atoms with Gasteiger partial charge in [0.15, 0.2) is 0 Å². The molecule has 0 amide bonds. The maximum Gasteiger partial charge on any atom is 0.123 e. The fourth-order valence-electron chi connectivity index (χ4n) is 1.11. The molecule has 1 heteroatoms. The standard InChI is InChI=1S/C11H14F/c1-2-3-4-6-10-7-5-8-11(12)9-10/h5-9H,2-4H2,1H3. The van der Waals surface area contributed by atoms with Gasteiger partial charge in [0.2, 0.25) is 0 Å². The van der Waals surface area contributed by atoms with E-state index in [1.54, 1.807) is 12.1 Å². The van der Waals surface area contributed by atoms with Gasteiger partial charge in [-0.25, -0.2) is 4.39 Å². The molecule has 0 aliphatic carbocycles. The summed E-state index contributed by atoms with van der Waals surface area (Å²) in [6.07, 6.45) is 5.48. The Morgan fingerprint density at radius 1 is 1.42 bits per heavy atom. The van der Waals surface area contributed by atoms with Crippen LogP contribution in [-0.2, 0) is 0 Å². The topological polar surface area (TPSA) is 0 Å². The van der Waals surface area contributed by atoms with E-state index in [0.29, 0.717) is 0 Å². The lowest BCUT2D eigenvalue weighted by molar-refractivity contribution is 0.626. The Bertz CT molecular complexity index is 230. The summed E-state index contributed by atoms with van der Waals surface area (Å²) in [6.45, 7) is 2.15. The van der Waals surface area contributed by atoms with E-state index in [-0.39, 0.29) is 5.82 Å². The molecule has 0 nitrogen and oxygen atoms in total. The molecule has 1 rings (SSSR count). The Hall–Kier alpha value is -0.850. The first-order valence-electron chi connectivity index (χ1n) is 4.41. The first kappa shape index (κ1) is 9.24. The van der Waals surface area contributed by atoms with Gasteiger partial charge in [0.1, 0.15) is 5.82 Å². The maximum absolute atomic E-state index is 12.7. The zero-order chi connectivity index (χ0) is 8.81. The lowest BCUT2D eigenvalue weighted by atomic mass is 10.1. The summed E-state index contributed by atoms with van der Waals surface area (Å²) < 4.78 is 12.7. The number of hydrogen-bond acceptors (Lipinski definition) is 0. The van der Waals surface area contributed by atoms with Crippen LogP contribution in [0.3, 0.4) is 0 Å². The summed E-state index contributed by atoms with van der Waals surface area (Å²) in [7, 11) is 0. The van der Waals surface area contributed by atoms with Crippen molar-refractivity contribution in [3.8, 4) is 0 Å². The van der Waals surface area contributed by atoms with E-state index in [0.717, 1.165) is 12.0 Å². The van der Waals surface area contributed by atoms with Crippen molar-refractivity contribution in [2.45, 2.75) is 26.2 Å². The predicted octanol–water partition coefficient (Wildman–Crippen LogP) is 3.57. The molecule has 0 atom stereocenters. The molecule has 0 aliphatic rings. The molecule has 1 aromatic rings. The fourth-order valence-corrected chi connectivity index (χ4v) is 1.11. The molecule has 12 heavy (non-hydrogen) atoms. The van der Waals surface area contributed by atoms with E-state index < -0.39 is 0 Å². The Labute approximate surface area is 73.4 Å². The normalized spacial score (nSPS) is 10.2. The Kier molecular flexibility index (Phi) is 3.78. The van der Waals surface area contributed by atoms with E-state index in [2.05, 4.69) is 13.3 Å². The van der Waals surface area contributed by atoms with Crippen LogP contribution in [0.4, 0.5) is 4.39 Å². The molecule has 0 N–H and O–H groups in total. The molecule has 0 aliphatic heterocycles. The molecule has 0 saturated heterocycles.